The van der Waals surface area contributed by atoms with Crippen LogP contribution in [0.3, 0.4) is 0 Å². The zero-order valence-electron chi connectivity index (χ0n) is 23.1. The molecular weight excluding hydrogens is 552 g/mol. The average Bonchev–Trinajstić information content (AvgIpc) is 3.29. The Balaban J connectivity index is 1.44. The van der Waals surface area contributed by atoms with Crippen LogP contribution in [-0.2, 0) is 21.0 Å². The SMILES string of the molecule is COCCOc1cc(F)c(-c2ccc3cnc(Cc4cnccc4[C@H]4C[C@@H](N)[C@H](S(C)(=O)=O)[C@@H](C)C4)n3n2)c(F)c1. The Hall–Kier alpha value is -3.48. The second-order valence-electron chi connectivity index (χ2n) is 10.7. The molecule has 0 bridgehead atoms. The van der Waals surface area contributed by atoms with Crippen LogP contribution in [-0.4, -0.2) is 65.9 Å². The number of sulfone groups is 1. The highest BCUT2D eigenvalue weighted by molar-refractivity contribution is 7.91. The zero-order chi connectivity index (χ0) is 29.3. The fraction of sp³-hybridized carbons (Fsp3) is 0.414. The highest BCUT2D eigenvalue weighted by Gasteiger charge is 2.40. The summed E-state index contributed by atoms with van der Waals surface area (Å²) < 4.78 is 66.6. The van der Waals surface area contributed by atoms with Crippen LogP contribution in [0.2, 0.25) is 0 Å². The van der Waals surface area contributed by atoms with Crippen LogP contribution in [0.5, 0.6) is 5.75 Å². The third-order valence-electron chi connectivity index (χ3n) is 7.70. The summed E-state index contributed by atoms with van der Waals surface area (Å²) in [6.45, 7) is 2.39. The van der Waals surface area contributed by atoms with E-state index in [1.54, 1.807) is 35.2 Å². The first-order chi connectivity index (χ1) is 19.6. The van der Waals surface area contributed by atoms with Crippen molar-refractivity contribution in [1.29, 1.82) is 0 Å². The number of rotatable bonds is 9. The molecule has 3 aromatic heterocycles. The standard InChI is InChI=1S/C29H33F2N5O4S/c1-17-10-18(11-25(32)29(17)41(3,37)38)22-6-7-33-15-19(22)12-27-34-16-20-4-5-26(35-36(20)27)28-23(30)13-21(14-24(28)31)40-9-8-39-2/h4-7,13-18,25,29H,8-12,32H2,1-3H3/t17-,18+,25+,29+/m0/s1. The van der Waals surface area contributed by atoms with Crippen LogP contribution in [0.4, 0.5) is 8.78 Å². The van der Waals surface area contributed by atoms with Crippen molar-refractivity contribution >= 4 is 15.4 Å². The molecule has 3 heterocycles. The van der Waals surface area contributed by atoms with Crippen molar-refractivity contribution < 1.29 is 26.7 Å². The Labute approximate surface area is 237 Å². The highest BCUT2D eigenvalue weighted by atomic mass is 32.2. The van der Waals surface area contributed by atoms with Gasteiger partial charge >= 0.3 is 0 Å². The van der Waals surface area contributed by atoms with E-state index in [9.17, 15) is 8.42 Å². The summed E-state index contributed by atoms with van der Waals surface area (Å²) in [6, 6.07) is 6.97. The number of benzene rings is 1. The van der Waals surface area contributed by atoms with Crippen LogP contribution in [0.15, 0.2) is 48.9 Å². The van der Waals surface area contributed by atoms with Gasteiger partial charge in [-0.15, -0.1) is 0 Å². The second kappa shape index (κ2) is 11.8. The van der Waals surface area contributed by atoms with Gasteiger partial charge < -0.3 is 15.2 Å². The summed E-state index contributed by atoms with van der Waals surface area (Å²) in [5, 5.41) is 3.96. The molecule has 0 aliphatic heterocycles. The first-order valence-electron chi connectivity index (χ1n) is 13.4. The first-order valence-corrected chi connectivity index (χ1v) is 15.3. The lowest BCUT2D eigenvalue weighted by molar-refractivity contribution is 0.146. The molecule has 218 valence electrons. The summed E-state index contributed by atoms with van der Waals surface area (Å²) in [7, 11) is -1.76. The topological polar surface area (TPSA) is 122 Å². The number of hydrogen-bond donors (Lipinski definition) is 1. The van der Waals surface area contributed by atoms with Gasteiger partial charge in [-0.05, 0) is 54.0 Å². The van der Waals surface area contributed by atoms with E-state index in [4.69, 9.17) is 15.2 Å². The van der Waals surface area contributed by atoms with E-state index in [1.165, 1.54) is 13.4 Å². The quantitative estimate of drug-likeness (QED) is 0.293. The maximum atomic E-state index is 15.0. The molecule has 0 saturated heterocycles. The van der Waals surface area contributed by atoms with Crippen molar-refractivity contribution in [3.8, 4) is 17.0 Å². The number of pyridine rings is 1. The van der Waals surface area contributed by atoms with Crippen molar-refractivity contribution in [2.75, 3.05) is 26.6 Å². The van der Waals surface area contributed by atoms with E-state index < -0.39 is 32.8 Å². The van der Waals surface area contributed by atoms with Crippen LogP contribution in [0.1, 0.15) is 42.6 Å². The zero-order valence-corrected chi connectivity index (χ0v) is 23.9. The molecule has 0 radical (unpaired) electrons. The maximum absolute atomic E-state index is 15.0. The highest BCUT2D eigenvalue weighted by Crippen LogP contribution is 2.39. The minimum atomic E-state index is -3.27. The van der Waals surface area contributed by atoms with E-state index in [2.05, 4.69) is 15.1 Å². The van der Waals surface area contributed by atoms with Crippen LogP contribution in [0, 0.1) is 17.6 Å². The van der Waals surface area contributed by atoms with Crippen molar-refractivity contribution in [2.24, 2.45) is 11.7 Å². The fourth-order valence-electron chi connectivity index (χ4n) is 6.02. The van der Waals surface area contributed by atoms with Crippen LogP contribution in [0.25, 0.3) is 16.8 Å². The number of hydrogen-bond acceptors (Lipinski definition) is 8. The molecule has 5 rings (SSSR count). The molecule has 4 aromatic rings. The monoisotopic (exact) mass is 585 g/mol. The number of methoxy groups -OCH3 is 1. The lowest BCUT2D eigenvalue weighted by Gasteiger charge is -2.38. The molecule has 1 aromatic carbocycles. The number of nitrogens with zero attached hydrogens (tertiary/aromatic N) is 4. The molecular formula is C29H33F2N5O4S. The van der Waals surface area contributed by atoms with Gasteiger partial charge in [-0.1, -0.05) is 6.92 Å². The van der Waals surface area contributed by atoms with Crippen LogP contribution >= 0.6 is 0 Å². The number of aromatic nitrogens is 4. The first kappa shape index (κ1) is 29.0. The maximum Gasteiger partial charge on any atom is 0.152 e. The van der Waals surface area contributed by atoms with Crippen molar-refractivity contribution in [1.82, 2.24) is 19.6 Å². The molecule has 41 heavy (non-hydrogen) atoms. The molecule has 0 unspecified atom stereocenters. The van der Waals surface area contributed by atoms with Gasteiger partial charge in [-0.25, -0.2) is 26.7 Å². The average molecular weight is 586 g/mol. The smallest absolute Gasteiger partial charge is 0.152 e. The van der Waals surface area contributed by atoms with E-state index in [1.807, 2.05) is 13.0 Å². The lowest BCUT2D eigenvalue weighted by atomic mass is 9.75. The predicted octanol–water partition coefficient (Wildman–Crippen LogP) is 3.94. The molecule has 12 heteroatoms. The van der Waals surface area contributed by atoms with Gasteiger partial charge in [0, 0.05) is 50.4 Å². The number of nitrogens with two attached hydrogens (primary N) is 1. The van der Waals surface area contributed by atoms with Gasteiger partial charge in [0.1, 0.15) is 29.8 Å². The minimum Gasteiger partial charge on any atom is -0.491 e. The second-order valence-corrected chi connectivity index (χ2v) is 12.9. The number of imidazole rings is 1. The summed E-state index contributed by atoms with van der Waals surface area (Å²) in [5.41, 5.74) is 8.83. The number of halogens is 2. The summed E-state index contributed by atoms with van der Waals surface area (Å²) in [5.74, 6) is -1.00. The largest absolute Gasteiger partial charge is 0.491 e. The van der Waals surface area contributed by atoms with Gasteiger partial charge in [-0.3, -0.25) is 4.98 Å². The molecule has 1 fully saturated rings. The van der Waals surface area contributed by atoms with Crippen LogP contribution < -0.4 is 10.5 Å². The van der Waals surface area contributed by atoms with Gasteiger partial charge in [0.05, 0.1) is 34.8 Å². The Kier molecular flexibility index (Phi) is 8.35. The van der Waals surface area contributed by atoms with Gasteiger partial charge in [-0.2, -0.15) is 5.10 Å². The molecule has 1 aliphatic rings. The summed E-state index contributed by atoms with van der Waals surface area (Å²) >= 11 is 0. The van der Waals surface area contributed by atoms with Crippen molar-refractivity contribution in [2.45, 2.75) is 43.4 Å². The van der Waals surface area contributed by atoms with Gasteiger partial charge in [0.25, 0.3) is 0 Å². The molecule has 2 N–H and O–H groups in total. The number of fused-ring (bicyclic) bond motifs is 1. The molecule has 1 saturated carbocycles. The van der Waals surface area contributed by atoms with Crippen molar-refractivity contribution in [3.63, 3.8) is 0 Å². The number of ether oxygens (including phenoxy) is 2. The van der Waals surface area contributed by atoms with E-state index in [-0.39, 0.29) is 35.4 Å². The van der Waals surface area contributed by atoms with Gasteiger partial charge in [0.2, 0.25) is 0 Å². The van der Waals surface area contributed by atoms with Crippen molar-refractivity contribution in [3.05, 3.63) is 77.5 Å². The third kappa shape index (κ3) is 6.09. The van der Waals surface area contributed by atoms with E-state index in [0.717, 1.165) is 23.3 Å². The lowest BCUT2D eigenvalue weighted by Crippen LogP contribution is -2.48. The fourth-order valence-corrected chi connectivity index (χ4v) is 7.72. The third-order valence-corrected chi connectivity index (χ3v) is 9.51. The van der Waals surface area contributed by atoms with E-state index in [0.29, 0.717) is 37.2 Å². The van der Waals surface area contributed by atoms with Gasteiger partial charge in [0.15, 0.2) is 9.84 Å². The Bertz CT molecular complexity index is 1630. The Morgan fingerprint density at radius 1 is 1.10 bits per heavy atom. The molecule has 1 aliphatic carbocycles. The predicted molar refractivity (Wildman–Crippen MR) is 150 cm³/mol. The summed E-state index contributed by atoms with van der Waals surface area (Å²) in [6.07, 6.45) is 7.95. The molecule has 0 amide bonds. The Morgan fingerprint density at radius 2 is 1.85 bits per heavy atom. The summed E-state index contributed by atoms with van der Waals surface area (Å²) in [4.78, 5) is 8.85. The molecule has 0 spiro atoms. The Morgan fingerprint density at radius 3 is 2.54 bits per heavy atom. The van der Waals surface area contributed by atoms with E-state index >= 15 is 8.78 Å². The molecule has 4 atom stereocenters. The minimum absolute atomic E-state index is 0.0542. The normalized spacial score (nSPS) is 21.3. The molecule has 9 nitrogen and oxygen atoms in total.